The van der Waals surface area contributed by atoms with Crippen molar-refractivity contribution in [2.24, 2.45) is 0 Å². The maximum atomic E-state index is 11.9. The zero-order chi connectivity index (χ0) is 15.1. The monoisotopic (exact) mass is 300 g/mol. The molecule has 7 heteroatoms. The van der Waals surface area contributed by atoms with E-state index < -0.39 is 11.9 Å². The molecule has 0 aromatic rings. The van der Waals surface area contributed by atoms with E-state index in [4.69, 9.17) is 4.74 Å². The second kappa shape index (κ2) is 8.06. The summed E-state index contributed by atoms with van der Waals surface area (Å²) in [4.78, 5) is 36.7. The quantitative estimate of drug-likeness (QED) is 0.797. The number of hydrogen-bond donors (Lipinski definition) is 1. The van der Waals surface area contributed by atoms with Crippen molar-refractivity contribution in [3.8, 4) is 0 Å². The Bertz CT molecular complexity index is 423. The highest BCUT2D eigenvalue weighted by Gasteiger charge is 2.32. The molecule has 1 atom stereocenters. The van der Waals surface area contributed by atoms with Crippen LogP contribution in [0, 0.1) is 0 Å². The molecule has 0 bridgehead atoms. The van der Waals surface area contributed by atoms with Crippen molar-refractivity contribution < 1.29 is 19.1 Å². The molecular weight excluding hydrogens is 280 g/mol. The first-order valence-electron chi connectivity index (χ1n) is 6.37. The van der Waals surface area contributed by atoms with Gasteiger partial charge in [-0.25, -0.2) is 4.79 Å². The lowest BCUT2D eigenvalue weighted by Gasteiger charge is -2.24. The first-order chi connectivity index (χ1) is 9.45. The predicted octanol–water partition coefficient (Wildman–Crippen LogP) is 1.52. The molecule has 1 fully saturated rings. The molecule has 0 spiro atoms. The number of nitrogens with zero attached hydrogens (tertiary/aromatic N) is 1. The first-order valence-corrected chi connectivity index (χ1v) is 7.36. The van der Waals surface area contributed by atoms with Crippen molar-refractivity contribution >= 4 is 29.6 Å². The fourth-order valence-corrected chi connectivity index (χ4v) is 3.20. The molecule has 1 rings (SSSR count). The number of carbonyl (C=O) groups excluding carboxylic acids is 3. The van der Waals surface area contributed by atoms with Crippen LogP contribution in [-0.4, -0.2) is 48.3 Å². The third-order valence-corrected chi connectivity index (χ3v) is 4.05. The SMILES string of the molecule is COCC/C=C1\C[C@@H](N(C(C)=O)C(=O)NC(C)=O)CS1. The van der Waals surface area contributed by atoms with E-state index >= 15 is 0 Å². The molecule has 1 aliphatic rings. The summed E-state index contributed by atoms with van der Waals surface area (Å²) in [6, 6.07) is -0.848. The van der Waals surface area contributed by atoms with E-state index in [2.05, 4.69) is 11.4 Å². The lowest BCUT2D eigenvalue weighted by molar-refractivity contribution is -0.127. The number of rotatable bonds is 4. The Morgan fingerprint density at radius 1 is 1.45 bits per heavy atom. The lowest BCUT2D eigenvalue weighted by Crippen LogP contribution is -2.49. The predicted molar refractivity (Wildman–Crippen MR) is 77.2 cm³/mol. The fourth-order valence-electron chi connectivity index (χ4n) is 1.98. The van der Waals surface area contributed by atoms with Crippen molar-refractivity contribution in [3.63, 3.8) is 0 Å². The second-order valence-corrected chi connectivity index (χ2v) is 5.64. The fraction of sp³-hybridized carbons (Fsp3) is 0.615. The highest BCUT2D eigenvalue weighted by molar-refractivity contribution is 8.03. The Labute approximate surface area is 122 Å². The van der Waals surface area contributed by atoms with Gasteiger partial charge in [0.25, 0.3) is 0 Å². The number of methoxy groups -OCH3 is 1. The van der Waals surface area contributed by atoms with Gasteiger partial charge < -0.3 is 4.74 Å². The smallest absolute Gasteiger partial charge is 0.331 e. The average molecular weight is 300 g/mol. The summed E-state index contributed by atoms with van der Waals surface area (Å²) in [5.41, 5.74) is 0. The molecule has 20 heavy (non-hydrogen) atoms. The summed E-state index contributed by atoms with van der Waals surface area (Å²) in [6.07, 6.45) is 3.51. The number of urea groups is 1. The molecule has 0 unspecified atom stereocenters. The van der Waals surface area contributed by atoms with Crippen LogP contribution >= 0.6 is 11.8 Å². The Balaban J connectivity index is 2.66. The van der Waals surface area contributed by atoms with Gasteiger partial charge in [0, 0.05) is 33.3 Å². The molecule has 112 valence electrons. The van der Waals surface area contributed by atoms with E-state index in [0.717, 1.165) is 16.2 Å². The summed E-state index contributed by atoms with van der Waals surface area (Å²) in [7, 11) is 1.65. The molecule has 0 saturated carbocycles. The number of imide groups is 2. The minimum Gasteiger partial charge on any atom is -0.384 e. The van der Waals surface area contributed by atoms with Crippen LogP contribution in [0.4, 0.5) is 4.79 Å². The molecule has 0 aromatic carbocycles. The Morgan fingerprint density at radius 3 is 2.70 bits per heavy atom. The molecular formula is C13H20N2O4S. The molecule has 4 amide bonds. The summed E-state index contributed by atoms with van der Waals surface area (Å²) < 4.78 is 4.98. The zero-order valence-corrected chi connectivity index (χ0v) is 12.8. The summed E-state index contributed by atoms with van der Waals surface area (Å²) in [5.74, 6) is -0.167. The van der Waals surface area contributed by atoms with Crippen LogP contribution in [0.2, 0.25) is 0 Å². The van der Waals surface area contributed by atoms with Crippen LogP contribution in [0.1, 0.15) is 26.7 Å². The van der Waals surface area contributed by atoms with E-state index in [9.17, 15) is 14.4 Å². The number of thioether (sulfide) groups is 1. The number of nitrogens with one attached hydrogen (secondary N) is 1. The molecule has 0 aliphatic carbocycles. The number of ether oxygens (including phenoxy) is 1. The topological polar surface area (TPSA) is 75.7 Å². The van der Waals surface area contributed by atoms with Crippen molar-refractivity contribution in [2.45, 2.75) is 32.7 Å². The van der Waals surface area contributed by atoms with Gasteiger partial charge in [-0.1, -0.05) is 6.08 Å². The number of amides is 4. The summed E-state index contributed by atoms with van der Waals surface area (Å²) >= 11 is 1.63. The van der Waals surface area contributed by atoms with Gasteiger partial charge in [-0.15, -0.1) is 11.8 Å². The highest BCUT2D eigenvalue weighted by atomic mass is 32.2. The highest BCUT2D eigenvalue weighted by Crippen LogP contribution is 2.34. The van der Waals surface area contributed by atoms with Crippen molar-refractivity contribution in [1.82, 2.24) is 10.2 Å². The zero-order valence-electron chi connectivity index (χ0n) is 12.0. The first kappa shape index (κ1) is 16.7. The Morgan fingerprint density at radius 2 is 2.15 bits per heavy atom. The number of carbonyl (C=O) groups is 3. The van der Waals surface area contributed by atoms with Gasteiger partial charge in [0.05, 0.1) is 6.04 Å². The van der Waals surface area contributed by atoms with Gasteiger partial charge in [-0.2, -0.15) is 0 Å². The van der Waals surface area contributed by atoms with Crippen molar-refractivity contribution in [1.29, 1.82) is 0 Å². The van der Waals surface area contributed by atoms with Crippen LogP contribution in [0.15, 0.2) is 11.0 Å². The normalized spacial score (nSPS) is 19.9. The maximum absolute atomic E-state index is 11.9. The van der Waals surface area contributed by atoms with Gasteiger partial charge in [0.15, 0.2) is 0 Å². The molecule has 0 aromatic heterocycles. The van der Waals surface area contributed by atoms with Crippen molar-refractivity contribution in [3.05, 3.63) is 11.0 Å². The van der Waals surface area contributed by atoms with E-state index in [1.165, 1.54) is 13.8 Å². The van der Waals surface area contributed by atoms with Gasteiger partial charge in [-0.05, 0) is 17.7 Å². The largest absolute Gasteiger partial charge is 0.384 e. The summed E-state index contributed by atoms with van der Waals surface area (Å²) in [5, 5.41) is 2.15. The van der Waals surface area contributed by atoms with Gasteiger partial charge in [0.1, 0.15) is 0 Å². The number of hydrogen-bond acceptors (Lipinski definition) is 5. The van der Waals surface area contributed by atoms with Crippen LogP contribution in [0.25, 0.3) is 0 Å². The van der Waals surface area contributed by atoms with Crippen LogP contribution in [0.3, 0.4) is 0 Å². The molecule has 1 N–H and O–H groups in total. The third kappa shape index (κ3) is 4.97. The Kier molecular flexibility index (Phi) is 6.74. The van der Waals surface area contributed by atoms with Gasteiger partial charge >= 0.3 is 6.03 Å². The maximum Gasteiger partial charge on any atom is 0.331 e. The van der Waals surface area contributed by atoms with Crippen LogP contribution in [-0.2, 0) is 14.3 Å². The minimum absolute atomic E-state index is 0.203. The minimum atomic E-state index is -0.645. The third-order valence-electron chi connectivity index (χ3n) is 2.80. The summed E-state index contributed by atoms with van der Waals surface area (Å²) in [6.45, 7) is 3.22. The van der Waals surface area contributed by atoms with Crippen LogP contribution in [0.5, 0.6) is 0 Å². The molecule has 1 heterocycles. The molecule has 0 radical (unpaired) electrons. The van der Waals surface area contributed by atoms with Gasteiger partial charge in [0.2, 0.25) is 11.8 Å². The molecule has 6 nitrogen and oxygen atoms in total. The van der Waals surface area contributed by atoms with Gasteiger partial charge in [-0.3, -0.25) is 19.8 Å². The molecule has 1 saturated heterocycles. The lowest BCUT2D eigenvalue weighted by atomic mass is 10.2. The molecule has 1 aliphatic heterocycles. The van der Waals surface area contributed by atoms with Crippen LogP contribution < -0.4 is 5.32 Å². The average Bonchev–Trinajstić information content (AvgIpc) is 2.76. The van der Waals surface area contributed by atoms with E-state index in [1.54, 1.807) is 18.9 Å². The standard InChI is InChI=1S/C13H20N2O4S/c1-9(16)14-13(18)15(10(2)17)11-7-12(20-8-11)5-4-6-19-3/h5,11H,4,6-8H2,1-3H3,(H,14,16,18)/b12-5+/t11-/m1/s1. The van der Waals surface area contributed by atoms with E-state index in [-0.39, 0.29) is 11.9 Å². The Hall–Kier alpha value is -1.34. The van der Waals surface area contributed by atoms with Crippen molar-refractivity contribution in [2.75, 3.05) is 19.5 Å². The van der Waals surface area contributed by atoms with E-state index in [0.29, 0.717) is 18.8 Å². The van der Waals surface area contributed by atoms with E-state index in [1.807, 2.05) is 0 Å². The second-order valence-electron chi connectivity index (χ2n) is 4.50.